The number of piperidine rings is 1. The summed E-state index contributed by atoms with van der Waals surface area (Å²) in [4.78, 5) is 27.2. The lowest BCUT2D eigenvalue weighted by molar-refractivity contribution is 0.0520. The van der Waals surface area contributed by atoms with Crippen molar-refractivity contribution in [1.29, 1.82) is 0 Å². The molecule has 2 atom stereocenters. The van der Waals surface area contributed by atoms with Crippen LogP contribution in [0.15, 0.2) is 18.7 Å². The van der Waals surface area contributed by atoms with Crippen LogP contribution >= 0.6 is 0 Å². The molecule has 0 bridgehead atoms. The summed E-state index contributed by atoms with van der Waals surface area (Å²) in [6.07, 6.45) is 6.58. The van der Waals surface area contributed by atoms with E-state index in [-0.39, 0.29) is 0 Å². The number of aromatic nitrogens is 4. The van der Waals surface area contributed by atoms with Crippen LogP contribution in [0.5, 0.6) is 0 Å². The molecule has 1 saturated heterocycles. The molecular weight excluding hydrogens is 306 g/mol. The number of carbonyl (C=O) groups excluding carboxylic acids is 1. The summed E-state index contributed by atoms with van der Waals surface area (Å²) in [6.45, 7) is 6.89. The Morgan fingerprint density at radius 3 is 2.83 bits per heavy atom. The number of anilines is 1. The predicted octanol–water partition coefficient (Wildman–Crippen LogP) is 1.66. The molecule has 1 aliphatic heterocycles. The number of rotatable bonds is 5. The van der Waals surface area contributed by atoms with Crippen molar-refractivity contribution in [3.05, 3.63) is 35.7 Å². The maximum Gasteiger partial charge on any atom is 0.358 e. The average molecular weight is 327 g/mol. The van der Waals surface area contributed by atoms with Crippen LogP contribution in [0, 0.1) is 18.8 Å². The van der Waals surface area contributed by atoms with Gasteiger partial charge in [0.15, 0.2) is 5.69 Å². The smallest absolute Gasteiger partial charge is 0.358 e. The van der Waals surface area contributed by atoms with E-state index in [1.54, 1.807) is 19.4 Å². The number of hydrogen-bond donors (Lipinski definition) is 0. The zero-order valence-electron chi connectivity index (χ0n) is 14.0. The Bertz CT molecular complexity index is 762. The highest BCUT2D eigenvalue weighted by atomic mass is 16.5. The SMILES string of the molecule is CCOC(=O)c1cn(Cc2cnc(N3CC4CC4C3)nc2C)cn1. The Balaban J connectivity index is 1.45. The van der Waals surface area contributed by atoms with Gasteiger partial charge < -0.3 is 14.2 Å². The molecule has 1 saturated carbocycles. The van der Waals surface area contributed by atoms with E-state index in [1.165, 1.54) is 6.42 Å². The van der Waals surface area contributed by atoms with Gasteiger partial charge in [-0.2, -0.15) is 0 Å². The minimum Gasteiger partial charge on any atom is -0.461 e. The van der Waals surface area contributed by atoms with Crippen molar-refractivity contribution in [2.75, 3.05) is 24.6 Å². The molecule has 3 heterocycles. The standard InChI is InChI=1S/C17H21N5O2/c1-3-24-16(23)15-9-21(10-19-15)6-14-5-18-17(20-11(14)2)22-7-12-4-13(12)8-22/h5,9-10,12-13H,3-4,6-8H2,1-2H3. The lowest BCUT2D eigenvalue weighted by Crippen LogP contribution is -2.24. The van der Waals surface area contributed by atoms with Crippen LogP contribution < -0.4 is 4.90 Å². The fourth-order valence-corrected chi connectivity index (χ4v) is 3.30. The van der Waals surface area contributed by atoms with Crippen LogP contribution in [-0.2, 0) is 11.3 Å². The molecule has 7 nitrogen and oxygen atoms in total. The van der Waals surface area contributed by atoms with Gasteiger partial charge in [0, 0.05) is 36.7 Å². The van der Waals surface area contributed by atoms with Crippen LogP contribution in [0.1, 0.15) is 35.1 Å². The monoisotopic (exact) mass is 327 g/mol. The van der Waals surface area contributed by atoms with Crippen LogP contribution in [-0.4, -0.2) is 45.2 Å². The van der Waals surface area contributed by atoms with Crippen molar-refractivity contribution in [3.63, 3.8) is 0 Å². The Morgan fingerprint density at radius 2 is 2.12 bits per heavy atom. The molecule has 2 aliphatic rings. The summed E-state index contributed by atoms with van der Waals surface area (Å²) in [5.41, 5.74) is 2.31. The normalized spacial score (nSPS) is 21.7. The van der Waals surface area contributed by atoms with E-state index in [1.807, 2.05) is 17.7 Å². The lowest BCUT2D eigenvalue weighted by atomic mass is 10.2. The van der Waals surface area contributed by atoms with Crippen molar-refractivity contribution in [2.24, 2.45) is 11.8 Å². The fraction of sp³-hybridized carbons (Fsp3) is 0.529. The van der Waals surface area contributed by atoms with Crippen molar-refractivity contribution in [1.82, 2.24) is 19.5 Å². The highest BCUT2D eigenvalue weighted by Gasteiger charge is 2.45. The third-order valence-corrected chi connectivity index (χ3v) is 4.80. The zero-order valence-corrected chi connectivity index (χ0v) is 14.0. The average Bonchev–Trinajstić information content (AvgIpc) is 2.98. The van der Waals surface area contributed by atoms with Crippen molar-refractivity contribution in [3.8, 4) is 0 Å². The molecule has 1 aliphatic carbocycles. The molecule has 0 radical (unpaired) electrons. The Morgan fingerprint density at radius 1 is 1.33 bits per heavy atom. The Kier molecular flexibility index (Phi) is 3.70. The molecule has 2 fully saturated rings. The fourth-order valence-electron chi connectivity index (χ4n) is 3.30. The second-order valence-electron chi connectivity index (χ2n) is 6.59. The second kappa shape index (κ2) is 5.89. The third kappa shape index (κ3) is 2.86. The molecule has 7 heteroatoms. The topological polar surface area (TPSA) is 73.1 Å². The molecule has 0 N–H and O–H groups in total. The number of imidazole rings is 1. The van der Waals surface area contributed by atoms with Gasteiger partial charge in [-0.15, -0.1) is 0 Å². The van der Waals surface area contributed by atoms with Gasteiger partial charge in [0.1, 0.15) is 0 Å². The summed E-state index contributed by atoms with van der Waals surface area (Å²) >= 11 is 0. The molecule has 126 valence electrons. The zero-order chi connectivity index (χ0) is 16.7. The summed E-state index contributed by atoms with van der Waals surface area (Å²) < 4.78 is 6.80. The predicted molar refractivity (Wildman–Crippen MR) is 87.9 cm³/mol. The highest BCUT2D eigenvalue weighted by molar-refractivity contribution is 5.86. The van der Waals surface area contributed by atoms with Crippen LogP contribution in [0.2, 0.25) is 0 Å². The highest BCUT2D eigenvalue weighted by Crippen LogP contribution is 2.45. The Hall–Kier alpha value is -2.44. The van der Waals surface area contributed by atoms with Gasteiger partial charge in [-0.3, -0.25) is 0 Å². The third-order valence-electron chi connectivity index (χ3n) is 4.80. The number of hydrogen-bond acceptors (Lipinski definition) is 6. The quantitative estimate of drug-likeness (QED) is 0.778. The summed E-state index contributed by atoms with van der Waals surface area (Å²) in [7, 11) is 0. The van der Waals surface area contributed by atoms with E-state index >= 15 is 0 Å². The van der Waals surface area contributed by atoms with Crippen LogP contribution in [0.3, 0.4) is 0 Å². The molecule has 0 aromatic carbocycles. The first-order chi connectivity index (χ1) is 11.6. The first-order valence-corrected chi connectivity index (χ1v) is 8.40. The van der Waals surface area contributed by atoms with E-state index < -0.39 is 5.97 Å². The van der Waals surface area contributed by atoms with Gasteiger partial charge in [-0.25, -0.2) is 19.7 Å². The Labute approximate surface area is 140 Å². The van der Waals surface area contributed by atoms with Gasteiger partial charge in [0.25, 0.3) is 0 Å². The number of nitrogens with zero attached hydrogens (tertiary/aromatic N) is 5. The molecular formula is C17H21N5O2. The second-order valence-corrected chi connectivity index (χ2v) is 6.59. The summed E-state index contributed by atoms with van der Waals surface area (Å²) in [5, 5.41) is 0. The van der Waals surface area contributed by atoms with E-state index in [0.29, 0.717) is 18.8 Å². The van der Waals surface area contributed by atoms with Gasteiger partial charge in [-0.05, 0) is 32.1 Å². The molecule has 0 spiro atoms. The first-order valence-electron chi connectivity index (χ1n) is 8.40. The van der Waals surface area contributed by atoms with Gasteiger partial charge in [0.2, 0.25) is 5.95 Å². The summed E-state index contributed by atoms with van der Waals surface area (Å²) in [6, 6.07) is 0. The number of carbonyl (C=O) groups is 1. The molecule has 2 unspecified atom stereocenters. The molecule has 4 rings (SSSR count). The van der Waals surface area contributed by atoms with E-state index in [4.69, 9.17) is 4.74 Å². The number of ether oxygens (including phenoxy) is 1. The number of fused-ring (bicyclic) bond motifs is 1. The molecule has 2 aromatic rings. The number of esters is 1. The van der Waals surface area contributed by atoms with Crippen LogP contribution in [0.4, 0.5) is 5.95 Å². The summed E-state index contributed by atoms with van der Waals surface area (Å²) in [5.74, 6) is 2.16. The van der Waals surface area contributed by atoms with E-state index in [9.17, 15) is 4.79 Å². The van der Waals surface area contributed by atoms with E-state index in [0.717, 1.165) is 42.1 Å². The lowest BCUT2D eigenvalue weighted by Gasteiger charge is -2.18. The van der Waals surface area contributed by atoms with Gasteiger partial charge >= 0.3 is 5.97 Å². The van der Waals surface area contributed by atoms with E-state index in [2.05, 4.69) is 19.9 Å². The molecule has 24 heavy (non-hydrogen) atoms. The largest absolute Gasteiger partial charge is 0.461 e. The van der Waals surface area contributed by atoms with Crippen molar-refractivity contribution >= 4 is 11.9 Å². The van der Waals surface area contributed by atoms with Crippen molar-refractivity contribution in [2.45, 2.75) is 26.8 Å². The number of aryl methyl sites for hydroxylation is 1. The maximum atomic E-state index is 11.7. The molecule has 0 amide bonds. The first kappa shape index (κ1) is 15.1. The van der Waals surface area contributed by atoms with Crippen LogP contribution in [0.25, 0.3) is 0 Å². The van der Waals surface area contributed by atoms with Gasteiger partial charge in [-0.1, -0.05) is 0 Å². The minimum absolute atomic E-state index is 0.323. The molecule has 2 aromatic heterocycles. The maximum absolute atomic E-state index is 11.7. The van der Waals surface area contributed by atoms with Gasteiger partial charge in [0.05, 0.1) is 19.5 Å². The van der Waals surface area contributed by atoms with Crippen molar-refractivity contribution < 1.29 is 9.53 Å². The minimum atomic E-state index is -0.396.